The summed E-state index contributed by atoms with van der Waals surface area (Å²) in [5.41, 5.74) is 4.37. The number of hydrazone groups is 1. The Balaban J connectivity index is 1.87. The fourth-order valence-electron chi connectivity index (χ4n) is 2.08. The topological polar surface area (TPSA) is 83.7 Å². The van der Waals surface area contributed by atoms with Crippen molar-refractivity contribution in [2.24, 2.45) is 5.10 Å². The summed E-state index contributed by atoms with van der Waals surface area (Å²) in [6.07, 6.45) is 0.954. The monoisotopic (exact) mass is 351 g/mol. The van der Waals surface area contributed by atoms with Crippen LogP contribution in [0.15, 0.2) is 53.6 Å². The van der Waals surface area contributed by atoms with E-state index in [1.54, 1.807) is 31.2 Å². The summed E-state index contributed by atoms with van der Waals surface area (Å²) in [6, 6.07) is 16.3. The maximum absolute atomic E-state index is 11.9. The molecule has 0 atom stereocenters. The zero-order valence-electron chi connectivity index (χ0n) is 14.9. The molecule has 0 saturated carbocycles. The maximum atomic E-state index is 11.9. The summed E-state index contributed by atoms with van der Waals surface area (Å²) >= 11 is 0. The third-order valence-corrected chi connectivity index (χ3v) is 3.46. The maximum Gasteiger partial charge on any atom is 0.277 e. The summed E-state index contributed by atoms with van der Waals surface area (Å²) in [6.45, 7) is 4.31. The first kappa shape index (κ1) is 19.0. The number of para-hydroxylation sites is 1. The third-order valence-electron chi connectivity index (χ3n) is 3.46. The summed E-state index contributed by atoms with van der Waals surface area (Å²) in [5, 5.41) is 13.1. The molecule has 0 unspecified atom stereocenters. The molecule has 0 aliphatic carbocycles. The van der Waals surface area contributed by atoms with E-state index in [4.69, 9.17) is 14.7 Å². The van der Waals surface area contributed by atoms with E-state index in [0.29, 0.717) is 23.6 Å². The van der Waals surface area contributed by atoms with Crippen molar-refractivity contribution >= 4 is 11.6 Å². The Morgan fingerprint density at radius 3 is 2.58 bits per heavy atom. The number of ether oxygens (including phenoxy) is 2. The number of rotatable bonds is 8. The smallest absolute Gasteiger partial charge is 0.277 e. The molecule has 0 aliphatic rings. The molecular formula is C20H21N3O3. The SMILES string of the molecule is CCCOc1ccc(/C(C)=N/NC(=O)COc2ccccc2C#N)cc1. The zero-order valence-corrected chi connectivity index (χ0v) is 14.9. The Hall–Kier alpha value is -3.33. The van der Waals surface area contributed by atoms with Crippen molar-refractivity contribution in [3.05, 3.63) is 59.7 Å². The molecule has 0 aliphatic heterocycles. The number of carbonyl (C=O) groups excluding carboxylic acids is 1. The largest absolute Gasteiger partial charge is 0.494 e. The number of nitrogens with zero attached hydrogens (tertiary/aromatic N) is 2. The van der Waals surface area contributed by atoms with Gasteiger partial charge in [-0.2, -0.15) is 10.4 Å². The second kappa shape index (κ2) is 9.84. The highest BCUT2D eigenvalue weighted by Crippen LogP contribution is 2.16. The highest BCUT2D eigenvalue weighted by Gasteiger charge is 2.06. The van der Waals surface area contributed by atoms with E-state index in [1.165, 1.54) is 0 Å². The number of nitrogens with one attached hydrogen (secondary N) is 1. The molecule has 2 aromatic rings. The van der Waals surface area contributed by atoms with Crippen LogP contribution < -0.4 is 14.9 Å². The molecule has 2 aromatic carbocycles. The second-order valence-corrected chi connectivity index (χ2v) is 5.50. The van der Waals surface area contributed by atoms with E-state index in [0.717, 1.165) is 17.7 Å². The van der Waals surface area contributed by atoms with Gasteiger partial charge in [-0.15, -0.1) is 0 Å². The molecule has 1 N–H and O–H groups in total. The van der Waals surface area contributed by atoms with Crippen molar-refractivity contribution in [1.29, 1.82) is 5.26 Å². The predicted molar refractivity (Wildman–Crippen MR) is 99.2 cm³/mol. The average Bonchev–Trinajstić information content (AvgIpc) is 2.69. The number of nitriles is 1. The van der Waals surface area contributed by atoms with E-state index in [2.05, 4.69) is 17.5 Å². The standard InChI is InChI=1S/C20H21N3O3/c1-3-12-25-18-10-8-16(9-11-18)15(2)22-23-20(24)14-26-19-7-5-4-6-17(19)13-21/h4-11H,3,12,14H2,1-2H3,(H,23,24)/b22-15+. The van der Waals surface area contributed by atoms with Gasteiger partial charge in [0.2, 0.25) is 0 Å². The number of amides is 1. The normalized spacial score (nSPS) is 10.7. The molecule has 0 spiro atoms. The van der Waals surface area contributed by atoms with Crippen LogP contribution in [0.2, 0.25) is 0 Å². The lowest BCUT2D eigenvalue weighted by atomic mass is 10.1. The fraction of sp³-hybridized carbons (Fsp3) is 0.250. The van der Waals surface area contributed by atoms with E-state index in [-0.39, 0.29) is 6.61 Å². The first-order valence-corrected chi connectivity index (χ1v) is 8.32. The third kappa shape index (κ3) is 5.64. The van der Waals surface area contributed by atoms with Gasteiger partial charge >= 0.3 is 0 Å². The minimum atomic E-state index is -0.403. The van der Waals surface area contributed by atoms with Gasteiger partial charge in [0.15, 0.2) is 6.61 Å². The molecule has 6 nitrogen and oxygen atoms in total. The fourth-order valence-corrected chi connectivity index (χ4v) is 2.08. The van der Waals surface area contributed by atoms with Crippen molar-refractivity contribution in [3.63, 3.8) is 0 Å². The van der Waals surface area contributed by atoms with Crippen LogP contribution in [0.1, 0.15) is 31.4 Å². The second-order valence-electron chi connectivity index (χ2n) is 5.50. The van der Waals surface area contributed by atoms with E-state index in [9.17, 15) is 4.79 Å². The van der Waals surface area contributed by atoms with E-state index >= 15 is 0 Å². The van der Waals surface area contributed by atoms with Gasteiger partial charge in [0, 0.05) is 0 Å². The number of hydrogen-bond donors (Lipinski definition) is 1. The van der Waals surface area contributed by atoms with Crippen LogP contribution >= 0.6 is 0 Å². The predicted octanol–water partition coefficient (Wildman–Crippen LogP) is 3.27. The quantitative estimate of drug-likeness (QED) is 0.584. The lowest BCUT2D eigenvalue weighted by Crippen LogP contribution is -2.25. The molecule has 6 heteroatoms. The molecule has 0 saturated heterocycles. The Morgan fingerprint density at radius 2 is 1.88 bits per heavy atom. The van der Waals surface area contributed by atoms with Crippen LogP contribution in [0, 0.1) is 11.3 Å². The van der Waals surface area contributed by atoms with Crippen molar-refractivity contribution in [2.45, 2.75) is 20.3 Å². The van der Waals surface area contributed by atoms with Crippen molar-refractivity contribution in [3.8, 4) is 17.6 Å². The molecule has 0 radical (unpaired) electrons. The molecule has 2 rings (SSSR count). The van der Waals surface area contributed by atoms with Gasteiger partial charge in [0.1, 0.15) is 17.6 Å². The number of hydrogen-bond acceptors (Lipinski definition) is 5. The minimum Gasteiger partial charge on any atom is -0.494 e. The minimum absolute atomic E-state index is 0.223. The molecule has 0 aromatic heterocycles. The summed E-state index contributed by atoms with van der Waals surface area (Å²) < 4.78 is 10.9. The van der Waals surface area contributed by atoms with Gasteiger partial charge in [-0.25, -0.2) is 5.43 Å². The van der Waals surface area contributed by atoms with Crippen LogP contribution in [0.4, 0.5) is 0 Å². The molecule has 0 bridgehead atoms. The number of benzene rings is 2. The van der Waals surface area contributed by atoms with Gasteiger partial charge in [-0.05, 0) is 55.3 Å². The van der Waals surface area contributed by atoms with Gasteiger partial charge in [0.25, 0.3) is 5.91 Å². The van der Waals surface area contributed by atoms with Crippen LogP contribution in [0.25, 0.3) is 0 Å². The first-order valence-electron chi connectivity index (χ1n) is 8.32. The van der Waals surface area contributed by atoms with Crippen molar-refractivity contribution in [1.82, 2.24) is 5.43 Å². The Bertz CT molecular complexity index is 808. The summed E-state index contributed by atoms with van der Waals surface area (Å²) in [7, 11) is 0. The van der Waals surface area contributed by atoms with Gasteiger partial charge in [-0.1, -0.05) is 19.1 Å². The Kier molecular flexibility index (Phi) is 7.19. The molecule has 134 valence electrons. The van der Waals surface area contributed by atoms with Gasteiger partial charge in [-0.3, -0.25) is 4.79 Å². The Labute approximate surface area is 153 Å². The van der Waals surface area contributed by atoms with Crippen molar-refractivity contribution < 1.29 is 14.3 Å². The lowest BCUT2D eigenvalue weighted by Gasteiger charge is -2.08. The van der Waals surface area contributed by atoms with Crippen LogP contribution in [-0.2, 0) is 4.79 Å². The number of carbonyl (C=O) groups is 1. The van der Waals surface area contributed by atoms with Crippen LogP contribution in [-0.4, -0.2) is 24.8 Å². The van der Waals surface area contributed by atoms with Crippen LogP contribution in [0.3, 0.4) is 0 Å². The average molecular weight is 351 g/mol. The first-order chi connectivity index (χ1) is 12.6. The highest BCUT2D eigenvalue weighted by atomic mass is 16.5. The van der Waals surface area contributed by atoms with Crippen molar-refractivity contribution in [2.75, 3.05) is 13.2 Å². The van der Waals surface area contributed by atoms with Crippen LogP contribution in [0.5, 0.6) is 11.5 Å². The molecule has 0 heterocycles. The summed E-state index contributed by atoms with van der Waals surface area (Å²) in [4.78, 5) is 11.9. The molecule has 0 fully saturated rings. The van der Waals surface area contributed by atoms with Gasteiger partial charge in [0.05, 0.1) is 17.9 Å². The molecule has 1 amide bonds. The lowest BCUT2D eigenvalue weighted by molar-refractivity contribution is -0.123. The van der Waals surface area contributed by atoms with E-state index in [1.807, 2.05) is 30.3 Å². The highest BCUT2D eigenvalue weighted by molar-refractivity contribution is 5.99. The molecular weight excluding hydrogens is 330 g/mol. The van der Waals surface area contributed by atoms with Gasteiger partial charge < -0.3 is 9.47 Å². The van der Waals surface area contributed by atoms with E-state index < -0.39 is 5.91 Å². The zero-order chi connectivity index (χ0) is 18.8. The molecule has 26 heavy (non-hydrogen) atoms. The summed E-state index contributed by atoms with van der Waals surface area (Å²) in [5.74, 6) is 0.769. The Morgan fingerprint density at radius 1 is 1.15 bits per heavy atom.